The Kier molecular flexibility index (Phi) is 6.85. The Morgan fingerprint density at radius 3 is 2.22 bits per heavy atom. The molecule has 0 fully saturated rings. The molecule has 1 amide bonds. The number of halogens is 3. The Labute approximate surface area is 157 Å². The molecule has 0 saturated carbocycles. The van der Waals surface area contributed by atoms with Gasteiger partial charge in [-0.05, 0) is 36.4 Å². The van der Waals surface area contributed by atoms with E-state index in [2.05, 4.69) is 5.32 Å². The van der Waals surface area contributed by atoms with Gasteiger partial charge in [-0.3, -0.25) is 9.69 Å². The fourth-order valence-corrected chi connectivity index (χ4v) is 2.67. The lowest BCUT2D eigenvalue weighted by Gasteiger charge is -2.21. The first-order chi connectivity index (χ1) is 12.7. The second-order valence-corrected chi connectivity index (χ2v) is 6.46. The van der Waals surface area contributed by atoms with Crippen LogP contribution in [-0.2, 0) is 17.5 Å². The first kappa shape index (κ1) is 20.8. The number of carbonyl (C=O) groups is 1. The SMILES string of the molecule is CCN(CC(=O)Nc1ccccc1C(F)(F)F)Cc1ccc(N(C)C)cc1. The molecule has 0 spiro atoms. The number of anilines is 2. The lowest BCUT2D eigenvalue weighted by molar-refractivity contribution is -0.137. The van der Waals surface area contributed by atoms with Crippen LogP contribution in [0.3, 0.4) is 0 Å². The predicted molar refractivity (Wildman–Crippen MR) is 102 cm³/mol. The molecule has 0 saturated heterocycles. The highest BCUT2D eigenvalue weighted by Crippen LogP contribution is 2.34. The van der Waals surface area contributed by atoms with Gasteiger partial charge in [0, 0.05) is 26.3 Å². The molecule has 2 aromatic carbocycles. The second-order valence-electron chi connectivity index (χ2n) is 6.46. The van der Waals surface area contributed by atoms with Crippen molar-refractivity contribution in [3.05, 3.63) is 59.7 Å². The summed E-state index contributed by atoms with van der Waals surface area (Å²) in [6.07, 6.45) is -4.51. The van der Waals surface area contributed by atoms with E-state index < -0.39 is 17.6 Å². The Morgan fingerprint density at radius 2 is 1.67 bits per heavy atom. The van der Waals surface area contributed by atoms with E-state index in [-0.39, 0.29) is 12.2 Å². The van der Waals surface area contributed by atoms with Crippen molar-refractivity contribution >= 4 is 17.3 Å². The van der Waals surface area contributed by atoms with Crippen LogP contribution >= 0.6 is 0 Å². The number of amides is 1. The zero-order valence-electron chi connectivity index (χ0n) is 15.7. The summed E-state index contributed by atoms with van der Waals surface area (Å²) >= 11 is 0. The quantitative estimate of drug-likeness (QED) is 0.782. The van der Waals surface area contributed by atoms with Crippen LogP contribution in [0.4, 0.5) is 24.5 Å². The van der Waals surface area contributed by atoms with Crippen LogP contribution in [0.15, 0.2) is 48.5 Å². The van der Waals surface area contributed by atoms with E-state index in [1.54, 1.807) is 0 Å². The van der Waals surface area contributed by atoms with E-state index in [4.69, 9.17) is 0 Å². The lowest BCUT2D eigenvalue weighted by atomic mass is 10.1. The van der Waals surface area contributed by atoms with Gasteiger partial charge in [-0.25, -0.2) is 0 Å². The molecule has 0 radical (unpaired) electrons. The highest BCUT2D eigenvalue weighted by Gasteiger charge is 2.33. The molecule has 4 nitrogen and oxygen atoms in total. The minimum Gasteiger partial charge on any atom is -0.378 e. The van der Waals surface area contributed by atoms with E-state index in [0.717, 1.165) is 17.3 Å². The highest BCUT2D eigenvalue weighted by atomic mass is 19.4. The number of para-hydroxylation sites is 1. The molecule has 27 heavy (non-hydrogen) atoms. The van der Waals surface area contributed by atoms with Crippen molar-refractivity contribution in [3.8, 4) is 0 Å². The van der Waals surface area contributed by atoms with Crippen LogP contribution in [-0.4, -0.2) is 38.0 Å². The van der Waals surface area contributed by atoms with Crippen molar-refractivity contribution in [1.82, 2.24) is 4.90 Å². The Balaban J connectivity index is 2.01. The average Bonchev–Trinajstić information content (AvgIpc) is 2.61. The standard InChI is InChI=1S/C20H24F3N3O/c1-4-26(13-15-9-11-16(12-10-15)25(2)3)14-19(27)24-18-8-6-5-7-17(18)20(21,22)23/h5-12H,4,13-14H2,1-3H3,(H,24,27). The van der Waals surface area contributed by atoms with Gasteiger partial charge in [0.25, 0.3) is 0 Å². The molecule has 0 aliphatic carbocycles. The van der Waals surface area contributed by atoms with E-state index in [0.29, 0.717) is 13.1 Å². The lowest BCUT2D eigenvalue weighted by Crippen LogP contribution is -2.33. The molecular weight excluding hydrogens is 355 g/mol. The smallest absolute Gasteiger partial charge is 0.378 e. The van der Waals surface area contributed by atoms with E-state index in [9.17, 15) is 18.0 Å². The van der Waals surface area contributed by atoms with Crippen LogP contribution < -0.4 is 10.2 Å². The summed E-state index contributed by atoms with van der Waals surface area (Å²) in [5.74, 6) is -0.474. The summed E-state index contributed by atoms with van der Waals surface area (Å²) in [4.78, 5) is 16.1. The monoisotopic (exact) mass is 379 g/mol. The third kappa shape index (κ3) is 5.99. The van der Waals surface area contributed by atoms with Crippen molar-refractivity contribution in [2.45, 2.75) is 19.6 Å². The fourth-order valence-electron chi connectivity index (χ4n) is 2.67. The summed E-state index contributed by atoms with van der Waals surface area (Å²) < 4.78 is 39.1. The normalized spacial score (nSPS) is 11.5. The van der Waals surface area contributed by atoms with Crippen molar-refractivity contribution in [2.75, 3.05) is 37.4 Å². The maximum absolute atomic E-state index is 13.0. The van der Waals surface area contributed by atoms with Gasteiger partial charge < -0.3 is 10.2 Å². The van der Waals surface area contributed by atoms with Gasteiger partial charge in [0.15, 0.2) is 0 Å². The zero-order chi connectivity index (χ0) is 20.0. The minimum absolute atomic E-state index is 0.0120. The third-order valence-corrected chi connectivity index (χ3v) is 4.18. The number of nitrogens with zero attached hydrogens (tertiary/aromatic N) is 2. The minimum atomic E-state index is -4.51. The number of hydrogen-bond acceptors (Lipinski definition) is 3. The van der Waals surface area contributed by atoms with E-state index >= 15 is 0 Å². The molecule has 0 aliphatic heterocycles. The van der Waals surface area contributed by atoms with Gasteiger partial charge >= 0.3 is 6.18 Å². The number of alkyl halides is 3. The topological polar surface area (TPSA) is 35.6 Å². The predicted octanol–water partition coefficient (Wildman–Crippen LogP) is 4.23. The maximum Gasteiger partial charge on any atom is 0.418 e. The van der Waals surface area contributed by atoms with Gasteiger partial charge in [0.1, 0.15) is 0 Å². The molecule has 146 valence electrons. The summed E-state index contributed by atoms with van der Waals surface area (Å²) in [7, 11) is 3.91. The van der Waals surface area contributed by atoms with E-state index in [1.807, 2.05) is 55.1 Å². The number of benzene rings is 2. The van der Waals surface area contributed by atoms with Crippen LogP contribution in [0, 0.1) is 0 Å². The van der Waals surface area contributed by atoms with Crippen LogP contribution in [0.25, 0.3) is 0 Å². The molecule has 0 unspecified atom stereocenters. The Morgan fingerprint density at radius 1 is 1.04 bits per heavy atom. The van der Waals surface area contributed by atoms with Crippen molar-refractivity contribution in [3.63, 3.8) is 0 Å². The molecule has 0 bridgehead atoms. The average molecular weight is 379 g/mol. The van der Waals surface area contributed by atoms with Gasteiger partial charge in [-0.1, -0.05) is 31.2 Å². The number of likely N-dealkylation sites (N-methyl/N-ethyl adjacent to an activating group) is 1. The largest absolute Gasteiger partial charge is 0.418 e. The fraction of sp³-hybridized carbons (Fsp3) is 0.350. The Bertz CT molecular complexity index is 758. The summed E-state index contributed by atoms with van der Waals surface area (Å²) in [5, 5.41) is 2.38. The summed E-state index contributed by atoms with van der Waals surface area (Å²) in [5.41, 5.74) is 1.04. The summed E-state index contributed by atoms with van der Waals surface area (Å²) in [6.45, 7) is 3.06. The van der Waals surface area contributed by atoms with Gasteiger partial charge in [0.2, 0.25) is 5.91 Å². The molecule has 2 aromatic rings. The number of carbonyl (C=O) groups excluding carboxylic acids is 1. The first-order valence-electron chi connectivity index (χ1n) is 8.65. The Hall–Kier alpha value is -2.54. The zero-order valence-corrected chi connectivity index (χ0v) is 15.7. The van der Waals surface area contributed by atoms with Crippen LogP contribution in [0.2, 0.25) is 0 Å². The molecular formula is C20H24F3N3O. The van der Waals surface area contributed by atoms with Crippen molar-refractivity contribution in [2.24, 2.45) is 0 Å². The van der Waals surface area contributed by atoms with Crippen LogP contribution in [0.1, 0.15) is 18.1 Å². The number of rotatable bonds is 7. The van der Waals surface area contributed by atoms with Crippen LogP contribution in [0.5, 0.6) is 0 Å². The molecule has 2 rings (SSSR count). The molecule has 1 N–H and O–H groups in total. The maximum atomic E-state index is 13.0. The van der Waals surface area contributed by atoms with Crippen molar-refractivity contribution < 1.29 is 18.0 Å². The number of hydrogen-bond donors (Lipinski definition) is 1. The second kappa shape index (κ2) is 8.90. The first-order valence-corrected chi connectivity index (χ1v) is 8.65. The third-order valence-electron chi connectivity index (χ3n) is 4.18. The molecule has 0 aromatic heterocycles. The number of nitrogens with one attached hydrogen (secondary N) is 1. The van der Waals surface area contributed by atoms with Gasteiger partial charge in [-0.2, -0.15) is 13.2 Å². The highest BCUT2D eigenvalue weighted by molar-refractivity contribution is 5.93. The molecule has 7 heteroatoms. The van der Waals surface area contributed by atoms with Gasteiger partial charge in [0.05, 0.1) is 17.8 Å². The molecule has 0 aliphatic rings. The summed E-state index contributed by atoms with van der Waals surface area (Å²) in [6, 6.07) is 12.9. The van der Waals surface area contributed by atoms with E-state index in [1.165, 1.54) is 18.2 Å². The molecule has 0 heterocycles. The molecule has 0 atom stereocenters. The van der Waals surface area contributed by atoms with Crippen molar-refractivity contribution in [1.29, 1.82) is 0 Å². The van der Waals surface area contributed by atoms with Gasteiger partial charge in [-0.15, -0.1) is 0 Å².